The Bertz CT molecular complexity index is 823. The molecule has 0 fully saturated rings. The second-order valence-corrected chi connectivity index (χ2v) is 6.88. The average Bonchev–Trinajstić information content (AvgIpc) is 3.12. The van der Waals surface area contributed by atoms with Crippen LogP contribution in [0.25, 0.3) is 6.08 Å². The Kier molecular flexibility index (Phi) is 7.65. The second-order valence-electron chi connectivity index (χ2n) is 5.06. The smallest absolute Gasteiger partial charge is 0.262 e. The minimum Gasteiger partial charge on any atom is -0.325 e. The molecule has 2 rings (SSSR count). The first kappa shape index (κ1) is 20.0. The first-order valence-electron chi connectivity index (χ1n) is 7.49. The van der Waals surface area contributed by atoms with Crippen molar-refractivity contribution in [2.75, 3.05) is 5.32 Å². The van der Waals surface area contributed by atoms with E-state index in [1.165, 1.54) is 23.5 Å². The van der Waals surface area contributed by atoms with Crippen molar-refractivity contribution in [3.8, 4) is 0 Å². The number of carbonyl (C=O) groups excluding carboxylic acids is 3. The summed E-state index contributed by atoms with van der Waals surface area (Å²) in [7, 11) is 0. The molecule has 0 atom stereocenters. The average molecular weight is 412 g/mol. The maximum atomic E-state index is 11.8. The molecule has 1 aromatic heterocycles. The van der Waals surface area contributed by atoms with Crippen molar-refractivity contribution >= 4 is 64.0 Å². The number of benzene rings is 1. The molecule has 9 heteroatoms. The van der Waals surface area contributed by atoms with Crippen LogP contribution in [-0.2, 0) is 14.4 Å². The quantitative estimate of drug-likeness (QED) is 0.500. The molecule has 136 valence electrons. The number of thiophene rings is 1. The zero-order chi connectivity index (χ0) is 18.9. The van der Waals surface area contributed by atoms with E-state index in [0.717, 1.165) is 4.88 Å². The van der Waals surface area contributed by atoms with Gasteiger partial charge >= 0.3 is 0 Å². The van der Waals surface area contributed by atoms with Crippen LogP contribution >= 0.6 is 34.5 Å². The van der Waals surface area contributed by atoms with Gasteiger partial charge in [0.2, 0.25) is 11.8 Å². The Balaban J connectivity index is 1.69. The van der Waals surface area contributed by atoms with Crippen LogP contribution in [0.2, 0.25) is 10.0 Å². The van der Waals surface area contributed by atoms with E-state index in [4.69, 9.17) is 23.2 Å². The van der Waals surface area contributed by atoms with Crippen LogP contribution in [0.4, 0.5) is 5.69 Å². The summed E-state index contributed by atoms with van der Waals surface area (Å²) in [6.07, 6.45) is 2.79. The number of anilines is 1. The van der Waals surface area contributed by atoms with Crippen LogP contribution in [0.15, 0.2) is 41.8 Å². The summed E-state index contributed by atoms with van der Waals surface area (Å²) in [5.74, 6) is -1.34. The van der Waals surface area contributed by atoms with E-state index in [1.54, 1.807) is 18.2 Å². The molecule has 2 aromatic rings. The Hall–Kier alpha value is -2.35. The summed E-state index contributed by atoms with van der Waals surface area (Å²) in [4.78, 5) is 36.0. The van der Waals surface area contributed by atoms with Crippen LogP contribution in [-0.4, -0.2) is 17.7 Å². The van der Waals surface area contributed by atoms with Gasteiger partial charge in [0.05, 0.1) is 10.7 Å². The minimum absolute atomic E-state index is 0.0638. The molecule has 0 aliphatic carbocycles. The molecule has 6 nitrogen and oxygen atoms in total. The number of halogens is 2. The summed E-state index contributed by atoms with van der Waals surface area (Å²) >= 11 is 13.2. The fourth-order valence-electron chi connectivity index (χ4n) is 1.81. The molecular weight excluding hydrogens is 397 g/mol. The highest BCUT2D eigenvalue weighted by Crippen LogP contribution is 2.25. The molecular formula is C17H15Cl2N3O3S. The predicted molar refractivity (Wildman–Crippen MR) is 104 cm³/mol. The number of rotatable bonds is 6. The van der Waals surface area contributed by atoms with Gasteiger partial charge in [0.1, 0.15) is 0 Å². The van der Waals surface area contributed by atoms with E-state index in [-0.39, 0.29) is 18.7 Å². The SMILES string of the molecule is O=C(C=Cc1cccs1)NNC(=O)CCC(=O)Nc1ccc(Cl)cc1Cl. The third kappa shape index (κ3) is 6.87. The summed E-state index contributed by atoms with van der Waals surface area (Å²) in [6.45, 7) is 0. The standard InChI is InChI=1S/C17H15Cl2N3O3S/c18-11-3-5-14(13(19)10-11)20-15(23)7-8-17(25)22-21-16(24)6-4-12-2-1-9-26-12/h1-6,9-10H,7-8H2,(H,20,23)(H,21,24)(H,22,25). The van der Waals surface area contributed by atoms with Crippen molar-refractivity contribution in [1.82, 2.24) is 10.9 Å². The third-order valence-corrected chi connectivity index (χ3v) is 4.44. The summed E-state index contributed by atoms with van der Waals surface area (Å²) in [5, 5.41) is 5.24. The van der Waals surface area contributed by atoms with Gasteiger partial charge in [-0.15, -0.1) is 11.3 Å². The molecule has 0 spiro atoms. The lowest BCUT2D eigenvalue weighted by Gasteiger charge is -2.08. The molecule has 1 aromatic carbocycles. The Morgan fingerprint density at radius 2 is 1.81 bits per heavy atom. The van der Waals surface area contributed by atoms with Gasteiger partial charge in [-0.1, -0.05) is 29.3 Å². The molecule has 0 aliphatic heterocycles. The summed E-state index contributed by atoms with van der Waals surface area (Å²) in [5.41, 5.74) is 4.90. The number of hydrogen-bond donors (Lipinski definition) is 3. The molecule has 26 heavy (non-hydrogen) atoms. The fourth-order valence-corrected chi connectivity index (χ4v) is 2.88. The molecule has 0 saturated heterocycles. The molecule has 0 saturated carbocycles. The molecule has 0 bridgehead atoms. The van der Waals surface area contributed by atoms with E-state index in [1.807, 2.05) is 17.5 Å². The van der Waals surface area contributed by atoms with Crippen molar-refractivity contribution in [2.45, 2.75) is 12.8 Å². The van der Waals surface area contributed by atoms with Crippen molar-refractivity contribution in [3.05, 3.63) is 56.7 Å². The molecule has 3 N–H and O–H groups in total. The predicted octanol–water partition coefficient (Wildman–Crippen LogP) is 3.63. The highest BCUT2D eigenvalue weighted by atomic mass is 35.5. The highest BCUT2D eigenvalue weighted by molar-refractivity contribution is 7.10. The van der Waals surface area contributed by atoms with Crippen LogP contribution in [0.5, 0.6) is 0 Å². The van der Waals surface area contributed by atoms with E-state index < -0.39 is 11.8 Å². The number of hydrazine groups is 1. The first-order chi connectivity index (χ1) is 12.4. The normalized spacial score (nSPS) is 10.5. The van der Waals surface area contributed by atoms with Crippen molar-refractivity contribution in [2.24, 2.45) is 0 Å². The summed E-state index contributed by atoms with van der Waals surface area (Å²) < 4.78 is 0. The Morgan fingerprint density at radius 1 is 1.04 bits per heavy atom. The third-order valence-electron chi connectivity index (χ3n) is 3.05. The van der Waals surface area contributed by atoms with Crippen LogP contribution in [0.1, 0.15) is 17.7 Å². The molecule has 3 amide bonds. The number of hydrogen-bond acceptors (Lipinski definition) is 4. The van der Waals surface area contributed by atoms with Gasteiger partial charge in [-0.05, 0) is 35.7 Å². The van der Waals surface area contributed by atoms with Gasteiger partial charge < -0.3 is 5.32 Å². The van der Waals surface area contributed by atoms with Crippen LogP contribution in [0, 0.1) is 0 Å². The second kappa shape index (κ2) is 9.96. The number of nitrogens with one attached hydrogen (secondary N) is 3. The number of amides is 3. The van der Waals surface area contributed by atoms with E-state index in [0.29, 0.717) is 15.7 Å². The Labute approximate surface area is 164 Å². The van der Waals surface area contributed by atoms with Gasteiger partial charge in [0.25, 0.3) is 5.91 Å². The minimum atomic E-state index is -0.486. The topological polar surface area (TPSA) is 87.3 Å². The fraction of sp³-hybridized carbons (Fsp3) is 0.118. The monoisotopic (exact) mass is 411 g/mol. The largest absolute Gasteiger partial charge is 0.325 e. The zero-order valence-electron chi connectivity index (χ0n) is 13.4. The Morgan fingerprint density at radius 3 is 2.50 bits per heavy atom. The van der Waals surface area contributed by atoms with Gasteiger partial charge in [-0.25, -0.2) is 0 Å². The highest BCUT2D eigenvalue weighted by Gasteiger charge is 2.09. The van der Waals surface area contributed by atoms with Gasteiger partial charge in [-0.2, -0.15) is 0 Å². The van der Waals surface area contributed by atoms with Crippen LogP contribution < -0.4 is 16.2 Å². The molecule has 0 unspecified atom stereocenters. The lowest BCUT2D eigenvalue weighted by Crippen LogP contribution is -2.40. The van der Waals surface area contributed by atoms with Gasteiger partial charge in [0.15, 0.2) is 0 Å². The van der Waals surface area contributed by atoms with E-state index >= 15 is 0 Å². The molecule has 1 heterocycles. The maximum absolute atomic E-state index is 11.8. The van der Waals surface area contributed by atoms with E-state index in [2.05, 4.69) is 16.2 Å². The van der Waals surface area contributed by atoms with Crippen molar-refractivity contribution < 1.29 is 14.4 Å². The summed E-state index contributed by atoms with van der Waals surface area (Å²) in [6, 6.07) is 8.40. The zero-order valence-corrected chi connectivity index (χ0v) is 15.8. The van der Waals surface area contributed by atoms with Crippen molar-refractivity contribution in [3.63, 3.8) is 0 Å². The van der Waals surface area contributed by atoms with Gasteiger partial charge in [-0.3, -0.25) is 25.2 Å². The first-order valence-corrected chi connectivity index (χ1v) is 9.13. The van der Waals surface area contributed by atoms with Crippen LogP contribution in [0.3, 0.4) is 0 Å². The lowest BCUT2D eigenvalue weighted by molar-refractivity contribution is -0.128. The van der Waals surface area contributed by atoms with Gasteiger partial charge in [0, 0.05) is 28.8 Å². The number of carbonyl (C=O) groups is 3. The lowest BCUT2D eigenvalue weighted by atomic mass is 10.2. The van der Waals surface area contributed by atoms with E-state index in [9.17, 15) is 14.4 Å². The van der Waals surface area contributed by atoms with Crippen molar-refractivity contribution in [1.29, 1.82) is 0 Å². The molecule has 0 radical (unpaired) electrons. The molecule has 0 aliphatic rings. The maximum Gasteiger partial charge on any atom is 0.262 e.